The Bertz CT molecular complexity index is 967. The molecule has 2 atom stereocenters. The van der Waals surface area contributed by atoms with Crippen LogP contribution in [0.1, 0.15) is 18.9 Å². The monoisotopic (exact) mass is 410 g/mol. The third-order valence-corrected chi connectivity index (χ3v) is 5.78. The van der Waals surface area contributed by atoms with Crippen LogP contribution in [-0.2, 0) is 16.5 Å². The third-order valence-electron chi connectivity index (χ3n) is 4.73. The van der Waals surface area contributed by atoms with E-state index in [0.29, 0.717) is 16.5 Å². The van der Waals surface area contributed by atoms with Crippen LogP contribution in [0.2, 0.25) is 10.0 Å². The van der Waals surface area contributed by atoms with Gasteiger partial charge in [0, 0.05) is 27.9 Å². The van der Waals surface area contributed by atoms with Crippen molar-refractivity contribution in [2.24, 2.45) is 0 Å². The molecule has 0 bridgehead atoms. The second-order valence-electron chi connectivity index (χ2n) is 6.15. The molecule has 1 heterocycles. The Hall–Kier alpha value is -1.53. The minimum atomic E-state index is -1.17. The molecule has 1 aromatic heterocycles. The second kappa shape index (κ2) is 7.61. The van der Waals surface area contributed by atoms with E-state index in [9.17, 15) is 9.32 Å². The van der Waals surface area contributed by atoms with E-state index >= 15 is 0 Å². The largest absolute Gasteiger partial charge is 0.394 e. The average Bonchev–Trinajstić information content (AvgIpc) is 3.03. The zero-order valence-electron chi connectivity index (χ0n) is 14.5. The van der Waals surface area contributed by atoms with Crippen molar-refractivity contribution in [2.75, 3.05) is 17.6 Å². The second-order valence-corrected chi connectivity index (χ2v) is 8.10. The van der Waals surface area contributed by atoms with Gasteiger partial charge in [-0.1, -0.05) is 42.3 Å². The molecule has 0 aliphatic rings. The van der Waals surface area contributed by atoms with E-state index in [2.05, 4.69) is 4.72 Å². The van der Waals surface area contributed by atoms with E-state index in [1.165, 1.54) is 0 Å². The number of halogens is 2. The summed E-state index contributed by atoms with van der Waals surface area (Å²) < 4.78 is 16.6. The first-order valence-corrected chi connectivity index (χ1v) is 10.5. The molecule has 0 radical (unpaired) electrons. The van der Waals surface area contributed by atoms with Gasteiger partial charge in [-0.15, -0.1) is 0 Å². The van der Waals surface area contributed by atoms with Crippen LogP contribution in [0.25, 0.3) is 10.9 Å². The molecule has 3 aromatic rings. The maximum atomic E-state index is 11.6. The SMILES string of the molecule is CCC(CO)(c1ccc(Cl)cc1Cl)n1ccc2c(NS(C)=O)cccc21. The third kappa shape index (κ3) is 3.25. The Labute approximate surface area is 165 Å². The van der Waals surface area contributed by atoms with Crippen LogP contribution < -0.4 is 4.72 Å². The molecule has 0 spiro atoms. The summed E-state index contributed by atoms with van der Waals surface area (Å²) in [6, 6.07) is 13.0. The van der Waals surface area contributed by atoms with Crippen LogP contribution in [0.15, 0.2) is 48.7 Å². The Balaban J connectivity index is 2.25. The number of nitrogens with zero attached hydrogens (tertiary/aromatic N) is 1. The van der Waals surface area contributed by atoms with Gasteiger partial charge in [0.2, 0.25) is 0 Å². The van der Waals surface area contributed by atoms with Crippen LogP contribution in [-0.4, -0.2) is 26.7 Å². The lowest BCUT2D eigenvalue weighted by atomic mass is 9.87. The number of hydrogen-bond donors (Lipinski definition) is 2. The van der Waals surface area contributed by atoms with Crippen molar-refractivity contribution in [3.63, 3.8) is 0 Å². The minimum Gasteiger partial charge on any atom is -0.394 e. The van der Waals surface area contributed by atoms with E-state index < -0.39 is 16.5 Å². The Morgan fingerprint density at radius 3 is 2.62 bits per heavy atom. The maximum Gasteiger partial charge on any atom is 0.113 e. The number of fused-ring (bicyclic) bond motifs is 1. The van der Waals surface area contributed by atoms with E-state index in [1.54, 1.807) is 18.4 Å². The summed E-state index contributed by atoms with van der Waals surface area (Å²) in [6.45, 7) is 1.89. The molecule has 2 unspecified atom stereocenters. The van der Waals surface area contributed by atoms with Gasteiger partial charge in [-0.3, -0.25) is 0 Å². The van der Waals surface area contributed by atoms with Crippen LogP contribution in [0.5, 0.6) is 0 Å². The van der Waals surface area contributed by atoms with Gasteiger partial charge < -0.3 is 14.4 Å². The topological polar surface area (TPSA) is 54.3 Å². The number of aliphatic hydroxyl groups is 1. The smallest absolute Gasteiger partial charge is 0.113 e. The summed E-state index contributed by atoms with van der Waals surface area (Å²) in [5.41, 5.74) is 1.78. The Morgan fingerprint density at radius 1 is 1.23 bits per heavy atom. The van der Waals surface area contributed by atoms with E-state index in [0.717, 1.165) is 22.2 Å². The lowest BCUT2D eigenvalue weighted by molar-refractivity contribution is 0.165. The molecular formula is C19H20Cl2N2O2S. The first-order chi connectivity index (χ1) is 12.4. The van der Waals surface area contributed by atoms with E-state index in [4.69, 9.17) is 23.2 Å². The van der Waals surface area contributed by atoms with E-state index in [1.807, 2.05) is 48.0 Å². The molecule has 2 N–H and O–H groups in total. The van der Waals surface area contributed by atoms with Gasteiger partial charge in [-0.25, -0.2) is 4.21 Å². The molecule has 0 amide bonds. The van der Waals surface area contributed by atoms with E-state index in [-0.39, 0.29) is 6.61 Å². The van der Waals surface area contributed by atoms with Crippen LogP contribution in [0, 0.1) is 0 Å². The first kappa shape index (κ1) is 19.2. The summed E-state index contributed by atoms with van der Waals surface area (Å²) >= 11 is 12.5. The summed E-state index contributed by atoms with van der Waals surface area (Å²) in [7, 11) is -1.17. The van der Waals surface area contributed by atoms with Crippen LogP contribution in [0.4, 0.5) is 5.69 Å². The summed E-state index contributed by atoms with van der Waals surface area (Å²) in [5.74, 6) is 0. The normalized spacial score (nSPS) is 15.0. The Kier molecular flexibility index (Phi) is 5.63. The highest BCUT2D eigenvalue weighted by molar-refractivity contribution is 7.85. The van der Waals surface area contributed by atoms with Crippen LogP contribution >= 0.6 is 23.2 Å². The number of aliphatic hydroxyl groups excluding tert-OH is 1. The lowest BCUT2D eigenvalue weighted by Crippen LogP contribution is -2.38. The number of hydrogen-bond acceptors (Lipinski definition) is 2. The molecule has 0 saturated heterocycles. The zero-order chi connectivity index (χ0) is 18.9. The fraction of sp³-hybridized carbons (Fsp3) is 0.263. The van der Waals surface area contributed by atoms with Crippen molar-refractivity contribution in [3.05, 3.63) is 64.3 Å². The van der Waals surface area contributed by atoms with Gasteiger partial charge >= 0.3 is 0 Å². The fourth-order valence-corrected chi connectivity index (χ4v) is 4.49. The molecule has 26 heavy (non-hydrogen) atoms. The summed E-state index contributed by atoms with van der Waals surface area (Å²) in [4.78, 5) is 0. The molecule has 0 fully saturated rings. The highest BCUT2D eigenvalue weighted by Gasteiger charge is 2.34. The van der Waals surface area contributed by atoms with Gasteiger partial charge in [0.05, 0.1) is 23.3 Å². The van der Waals surface area contributed by atoms with Gasteiger partial charge in [0.15, 0.2) is 0 Å². The summed E-state index contributed by atoms with van der Waals surface area (Å²) in [6.07, 6.45) is 4.15. The minimum absolute atomic E-state index is 0.119. The standard InChI is InChI=1S/C19H20Cl2N2O2S/c1-3-19(12-24,15-8-7-13(20)11-16(15)21)23-10-9-14-17(22-26(2)25)5-4-6-18(14)23/h4-11,22,24H,3,12H2,1-2H3. The van der Waals surface area contributed by atoms with Gasteiger partial charge in [-0.05, 0) is 42.3 Å². The molecule has 2 aromatic carbocycles. The number of nitrogens with one attached hydrogen (secondary N) is 1. The molecule has 0 saturated carbocycles. The van der Waals surface area contributed by atoms with Gasteiger partial charge in [-0.2, -0.15) is 0 Å². The van der Waals surface area contributed by atoms with Crippen molar-refractivity contribution in [1.29, 1.82) is 0 Å². The highest BCUT2D eigenvalue weighted by atomic mass is 35.5. The maximum absolute atomic E-state index is 11.6. The number of aromatic nitrogens is 1. The zero-order valence-corrected chi connectivity index (χ0v) is 16.8. The van der Waals surface area contributed by atoms with Crippen molar-refractivity contribution < 1.29 is 9.32 Å². The lowest BCUT2D eigenvalue weighted by Gasteiger charge is -2.35. The van der Waals surface area contributed by atoms with Crippen molar-refractivity contribution in [1.82, 2.24) is 4.57 Å². The van der Waals surface area contributed by atoms with Crippen molar-refractivity contribution in [3.8, 4) is 0 Å². The van der Waals surface area contributed by atoms with Crippen molar-refractivity contribution >= 4 is 50.8 Å². The average molecular weight is 411 g/mol. The molecule has 4 nitrogen and oxygen atoms in total. The molecule has 0 aliphatic heterocycles. The predicted molar refractivity (Wildman–Crippen MR) is 111 cm³/mol. The first-order valence-electron chi connectivity index (χ1n) is 8.20. The fourth-order valence-electron chi connectivity index (χ4n) is 3.42. The van der Waals surface area contributed by atoms with Crippen molar-refractivity contribution in [2.45, 2.75) is 18.9 Å². The molecular weight excluding hydrogens is 391 g/mol. The number of rotatable bonds is 6. The van der Waals surface area contributed by atoms with Gasteiger partial charge in [0.1, 0.15) is 11.0 Å². The van der Waals surface area contributed by atoms with Crippen LogP contribution in [0.3, 0.4) is 0 Å². The molecule has 0 aliphatic carbocycles. The summed E-state index contributed by atoms with van der Waals surface area (Å²) in [5, 5.41) is 12.4. The molecule has 138 valence electrons. The number of benzene rings is 2. The Morgan fingerprint density at radius 2 is 2.00 bits per heavy atom. The highest BCUT2D eigenvalue weighted by Crippen LogP contribution is 2.39. The number of anilines is 1. The molecule has 3 rings (SSSR count). The molecule has 7 heteroatoms. The van der Waals surface area contributed by atoms with Gasteiger partial charge in [0.25, 0.3) is 0 Å². The quantitative estimate of drug-likeness (QED) is 0.612. The predicted octanol–water partition coefficient (Wildman–Crippen LogP) is 4.80.